The standard InChI is InChI=1S/C24H28N4O3/c1-17-23-26-19-11-6-7-12-20(19)28(23)21(15-22(29)25-13-8-14-31-2)24(30)27(17)16-18-9-4-3-5-10-18/h3-7,9-12,17,21H,8,13-16H2,1-2H3,(H,25,29)/t17-,21-/m1/s1. The average molecular weight is 421 g/mol. The highest BCUT2D eigenvalue weighted by Gasteiger charge is 2.40. The molecule has 162 valence electrons. The maximum absolute atomic E-state index is 13.6. The number of carbonyl (C=O) groups excluding carboxylic acids is 2. The number of nitrogens with zero attached hydrogens (tertiary/aromatic N) is 3. The van der Waals surface area contributed by atoms with Crippen LogP contribution >= 0.6 is 0 Å². The van der Waals surface area contributed by atoms with Crippen LogP contribution in [0.5, 0.6) is 0 Å². The van der Waals surface area contributed by atoms with E-state index in [2.05, 4.69) is 5.32 Å². The Kier molecular flexibility index (Phi) is 6.32. The number of hydrogen-bond acceptors (Lipinski definition) is 4. The first-order valence-corrected chi connectivity index (χ1v) is 10.7. The number of carbonyl (C=O) groups is 2. The van der Waals surface area contributed by atoms with Crippen molar-refractivity contribution in [2.75, 3.05) is 20.3 Å². The monoisotopic (exact) mass is 420 g/mol. The van der Waals surface area contributed by atoms with Gasteiger partial charge in [-0.05, 0) is 31.0 Å². The molecule has 1 aliphatic rings. The molecule has 2 amide bonds. The van der Waals surface area contributed by atoms with Gasteiger partial charge >= 0.3 is 0 Å². The zero-order valence-electron chi connectivity index (χ0n) is 18.0. The van der Waals surface area contributed by atoms with Crippen molar-refractivity contribution in [1.82, 2.24) is 19.8 Å². The predicted octanol–water partition coefficient (Wildman–Crippen LogP) is 3.22. The van der Waals surface area contributed by atoms with Crippen LogP contribution in [0.3, 0.4) is 0 Å². The normalized spacial score (nSPS) is 18.3. The Bertz CT molecular complexity index is 1060. The van der Waals surface area contributed by atoms with Gasteiger partial charge in [0.1, 0.15) is 11.9 Å². The molecule has 0 aliphatic carbocycles. The van der Waals surface area contributed by atoms with E-state index in [1.54, 1.807) is 7.11 Å². The fourth-order valence-electron chi connectivity index (χ4n) is 4.18. The van der Waals surface area contributed by atoms with Crippen LogP contribution in [0.2, 0.25) is 0 Å². The fourth-order valence-corrected chi connectivity index (χ4v) is 4.18. The second kappa shape index (κ2) is 9.31. The number of para-hydroxylation sites is 2. The molecule has 1 N–H and O–H groups in total. The minimum atomic E-state index is -0.621. The summed E-state index contributed by atoms with van der Waals surface area (Å²) >= 11 is 0. The third-order valence-electron chi connectivity index (χ3n) is 5.77. The molecule has 0 unspecified atom stereocenters. The van der Waals surface area contributed by atoms with E-state index in [9.17, 15) is 9.59 Å². The smallest absolute Gasteiger partial charge is 0.247 e. The van der Waals surface area contributed by atoms with Crippen molar-refractivity contribution in [1.29, 1.82) is 0 Å². The van der Waals surface area contributed by atoms with Crippen molar-refractivity contribution in [3.8, 4) is 0 Å². The third-order valence-corrected chi connectivity index (χ3v) is 5.77. The van der Waals surface area contributed by atoms with Gasteiger partial charge in [0.2, 0.25) is 11.8 Å². The van der Waals surface area contributed by atoms with Crippen molar-refractivity contribution in [2.45, 2.75) is 38.4 Å². The summed E-state index contributed by atoms with van der Waals surface area (Å²) in [6.07, 6.45) is 0.814. The summed E-state index contributed by atoms with van der Waals surface area (Å²) in [5.74, 6) is 0.611. The molecular weight excluding hydrogens is 392 g/mol. The molecule has 0 fully saturated rings. The van der Waals surface area contributed by atoms with E-state index in [-0.39, 0.29) is 24.3 Å². The van der Waals surface area contributed by atoms with E-state index in [0.29, 0.717) is 19.7 Å². The number of methoxy groups -OCH3 is 1. The molecule has 7 nitrogen and oxygen atoms in total. The lowest BCUT2D eigenvalue weighted by molar-refractivity contribution is -0.142. The number of amides is 2. The number of rotatable bonds is 8. The number of benzene rings is 2. The van der Waals surface area contributed by atoms with Gasteiger partial charge in [0, 0.05) is 26.8 Å². The molecule has 31 heavy (non-hydrogen) atoms. The molecule has 7 heteroatoms. The van der Waals surface area contributed by atoms with Crippen LogP contribution < -0.4 is 5.32 Å². The van der Waals surface area contributed by atoms with Gasteiger partial charge < -0.3 is 19.5 Å². The molecule has 1 aliphatic heterocycles. The largest absolute Gasteiger partial charge is 0.385 e. The summed E-state index contributed by atoms with van der Waals surface area (Å²) in [6.45, 7) is 3.59. The summed E-state index contributed by atoms with van der Waals surface area (Å²) in [6, 6.07) is 16.9. The lowest BCUT2D eigenvalue weighted by atomic mass is 10.0. The molecule has 2 heterocycles. The quantitative estimate of drug-likeness (QED) is 0.568. The molecule has 2 aromatic carbocycles. The number of ether oxygens (including phenoxy) is 1. The zero-order valence-corrected chi connectivity index (χ0v) is 18.0. The van der Waals surface area contributed by atoms with Crippen LogP contribution in [0.1, 0.15) is 43.2 Å². The summed E-state index contributed by atoms with van der Waals surface area (Å²) in [4.78, 5) is 33.0. The summed E-state index contributed by atoms with van der Waals surface area (Å²) in [5, 5.41) is 2.91. The van der Waals surface area contributed by atoms with Gasteiger partial charge in [-0.2, -0.15) is 0 Å². The summed E-state index contributed by atoms with van der Waals surface area (Å²) in [5.41, 5.74) is 2.77. The highest BCUT2D eigenvalue weighted by Crippen LogP contribution is 2.37. The Hall–Kier alpha value is -3.19. The van der Waals surface area contributed by atoms with Gasteiger partial charge in [0.05, 0.1) is 23.5 Å². The molecule has 0 saturated heterocycles. The SMILES string of the molecule is COCCCNC(=O)C[C@@H]1C(=O)N(Cc2ccccc2)[C@H](C)c2nc3ccccc3n21. The minimum absolute atomic E-state index is 0.0564. The van der Waals surface area contributed by atoms with Gasteiger partial charge in [-0.1, -0.05) is 42.5 Å². The van der Waals surface area contributed by atoms with Crippen LogP contribution in [0.25, 0.3) is 11.0 Å². The van der Waals surface area contributed by atoms with E-state index in [1.807, 2.05) is 71.0 Å². The van der Waals surface area contributed by atoms with Crippen molar-refractivity contribution >= 4 is 22.8 Å². The van der Waals surface area contributed by atoms with Crippen LogP contribution in [0.15, 0.2) is 54.6 Å². The van der Waals surface area contributed by atoms with Crippen LogP contribution in [0, 0.1) is 0 Å². The molecular formula is C24H28N4O3. The summed E-state index contributed by atoms with van der Waals surface area (Å²) in [7, 11) is 1.64. The van der Waals surface area contributed by atoms with E-state index in [1.165, 1.54) is 0 Å². The van der Waals surface area contributed by atoms with Gasteiger partial charge in [-0.25, -0.2) is 4.98 Å². The molecule has 0 saturated carbocycles. The molecule has 2 atom stereocenters. The van der Waals surface area contributed by atoms with Crippen molar-refractivity contribution in [3.63, 3.8) is 0 Å². The number of imidazole rings is 1. The Morgan fingerprint density at radius 2 is 1.87 bits per heavy atom. The van der Waals surface area contributed by atoms with Crippen molar-refractivity contribution in [2.24, 2.45) is 0 Å². The molecule has 0 radical (unpaired) electrons. The lowest BCUT2D eigenvalue weighted by Crippen LogP contribution is -2.46. The molecule has 4 rings (SSSR count). The van der Waals surface area contributed by atoms with Gasteiger partial charge in [0.25, 0.3) is 0 Å². The van der Waals surface area contributed by atoms with Crippen molar-refractivity contribution < 1.29 is 14.3 Å². The Balaban J connectivity index is 1.65. The average Bonchev–Trinajstić information content (AvgIpc) is 3.18. The van der Waals surface area contributed by atoms with Crippen LogP contribution in [0.4, 0.5) is 0 Å². The Labute approximate surface area is 182 Å². The Morgan fingerprint density at radius 3 is 2.65 bits per heavy atom. The molecule has 1 aromatic heterocycles. The van der Waals surface area contributed by atoms with Crippen LogP contribution in [-0.2, 0) is 20.9 Å². The van der Waals surface area contributed by atoms with E-state index < -0.39 is 6.04 Å². The minimum Gasteiger partial charge on any atom is -0.385 e. The number of nitrogens with one attached hydrogen (secondary N) is 1. The molecule has 0 spiro atoms. The molecule has 0 bridgehead atoms. The number of hydrogen-bond donors (Lipinski definition) is 1. The number of aromatic nitrogens is 2. The highest BCUT2D eigenvalue weighted by molar-refractivity contribution is 5.90. The van der Waals surface area contributed by atoms with Gasteiger partial charge in [-0.15, -0.1) is 0 Å². The van der Waals surface area contributed by atoms with E-state index in [0.717, 1.165) is 28.8 Å². The highest BCUT2D eigenvalue weighted by atomic mass is 16.5. The molecule has 3 aromatic rings. The van der Waals surface area contributed by atoms with Crippen LogP contribution in [-0.4, -0.2) is 46.5 Å². The third kappa shape index (κ3) is 4.32. The second-order valence-corrected chi connectivity index (χ2v) is 7.87. The van der Waals surface area contributed by atoms with E-state index in [4.69, 9.17) is 9.72 Å². The van der Waals surface area contributed by atoms with Gasteiger partial charge in [-0.3, -0.25) is 9.59 Å². The van der Waals surface area contributed by atoms with E-state index >= 15 is 0 Å². The lowest BCUT2D eigenvalue weighted by Gasteiger charge is -2.38. The summed E-state index contributed by atoms with van der Waals surface area (Å²) < 4.78 is 6.99. The fraction of sp³-hybridized carbons (Fsp3) is 0.375. The topological polar surface area (TPSA) is 76.5 Å². The maximum Gasteiger partial charge on any atom is 0.247 e. The first-order chi connectivity index (χ1) is 15.1. The maximum atomic E-state index is 13.6. The zero-order chi connectivity index (χ0) is 21.8. The second-order valence-electron chi connectivity index (χ2n) is 7.87. The predicted molar refractivity (Wildman–Crippen MR) is 118 cm³/mol. The first kappa shape index (κ1) is 21.1. The number of fused-ring (bicyclic) bond motifs is 3. The Morgan fingerprint density at radius 1 is 1.13 bits per heavy atom. The first-order valence-electron chi connectivity index (χ1n) is 10.7. The van der Waals surface area contributed by atoms with Crippen molar-refractivity contribution in [3.05, 3.63) is 66.0 Å². The van der Waals surface area contributed by atoms with Gasteiger partial charge in [0.15, 0.2) is 0 Å².